The smallest absolute Gasteiger partial charge is 0.305 e. The summed E-state index contributed by atoms with van der Waals surface area (Å²) < 4.78 is 30.0. The van der Waals surface area contributed by atoms with Crippen LogP contribution in [-0.2, 0) is 4.79 Å². The number of hydrogen-bond donors (Lipinski definition) is 2. The number of furan rings is 1. The predicted octanol–water partition coefficient (Wildman–Crippen LogP) is 3.51. The van der Waals surface area contributed by atoms with E-state index < -0.39 is 23.7 Å². The number of benzene rings is 2. The van der Waals surface area contributed by atoms with Crippen LogP contribution in [0.15, 0.2) is 46.9 Å². The fourth-order valence-electron chi connectivity index (χ4n) is 2.74. The van der Waals surface area contributed by atoms with Crippen molar-refractivity contribution < 1.29 is 27.9 Å². The Morgan fingerprint density at radius 3 is 2.45 bits per heavy atom. The fourth-order valence-corrected chi connectivity index (χ4v) is 2.74. The van der Waals surface area contributed by atoms with Gasteiger partial charge in [0.15, 0.2) is 23.3 Å². The normalized spacial score (nSPS) is 11.7. The van der Waals surface area contributed by atoms with Crippen LogP contribution in [0, 0.1) is 12.7 Å². The van der Waals surface area contributed by atoms with Crippen LogP contribution < -0.4 is 20.3 Å². The molecular formula is C21H21FN2O5. The molecule has 1 heterocycles. The van der Waals surface area contributed by atoms with Gasteiger partial charge in [0.1, 0.15) is 11.5 Å². The van der Waals surface area contributed by atoms with E-state index >= 15 is 0 Å². The molecule has 1 atom stereocenters. The standard InChI is InChI=1S/C21H21FN2O5/c1-4-27-14-8-10-15(11-9-14)28-13(3)20(25)23-24-21(26)18-12(2)16-6-5-7-17(22)19(16)29-18/h5-11,13H,4H2,1-3H3,(H,23,25)(H,24,26)/t13-/m0/s1. The first-order chi connectivity index (χ1) is 13.9. The van der Waals surface area contributed by atoms with Crippen LogP contribution in [0.25, 0.3) is 11.0 Å². The van der Waals surface area contributed by atoms with Crippen molar-refractivity contribution >= 4 is 22.8 Å². The summed E-state index contributed by atoms with van der Waals surface area (Å²) in [6.07, 6.45) is -0.873. The van der Waals surface area contributed by atoms with Crippen molar-refractivity contribution in [2.45, 2.75) is 26.9 Å². The molecule has 3 rings (SSSR count). The number of nitrogens with one attached hydrogen (secondary N) is 2. The monoisotopic (exact) mass is 400 g/mol. The maximum atomic E-state index is 13.8. The van der Waals surface area contributed by atoms with E-state index in [0.717, 1.165) is 0 Å². The lowest BCUT2D eigenvalue weighted by molar-refractivity contribution is -0.128. The van der Waals surface area contributed by atoms with E-state index in [-0.39, 0.29) is 11.3 Å². The predicted molar refractivity (Wildman–Crippen MR) is 104 cm³/mol. The van der Waals surface area contributed by atoms with Crippen LogP contribution in [0.2, 0.25) is 0 Å². The minimum atomic E-state index is -0.873. The number of rotatable bonds is 6. The van der Waals surface area contributed by atoms with Crippen LogP contribution in [0.4, 0.5) is 4.39 Å². The minimum absolute atomic E-state index is 0.00585. The van der Waals surface area contributed by atoms with Crippen molar-refractivity contribution in [3.05, 3.63) is 59.6 Å². The Morgan fingerprint density at radius 1 is 1.10 bits per heavy atom. The van der Waals surface area contributed by atoms with Gasteiger partial charge in [-0.25, -0.2) is 4.39 Å². The summed E-state index contributed by atoms with van der Waals surface area (Å²) in [5.41, 5.74) is 5.01. The fraction of sp³-hybridized carbons (Fsp3) is 0.238. The third-order valence-corrected chi connectivity index (χ3v) is 4.24. The van der Waals surface area contributed by atoms with E-state index in [9.17, 15) is 14.0 Å². The Kier molecular flexibility index (Phi) is 6.01. The molecule has 0 aliphatic heterocycles. The Hall–Kier alpha value is -3.55. The van der Waals surface area contributed by atoms with E-state index in [0.29, 0.717) is 29.1 Å². The van der Waals surface area contributed by atoms with Gasteiger partial charge in [-0.3, -0.25) is 20.4 Å². The van der Waals surface area contributed by atoms with Gasteiger partial charge >= 0.3 is 5.91 Å². The molecule has 0 unspecified atom stereocenters. The van der Waals surface area contributed by atoms with Crippen molar-refractivity contribution in [2.24, 2.45) is 0 Å². The first-order valence-electron chi connectivity index (χ1n) is 9.08. The van der Waals surface area contributed by atoms with Crippen molar-refractivity contribution in [2.75, 3.05) is 6.61 Å². The Labute approximate surface area is 166 Å². The molecule has 0 aliphatic rings. The highest BCUT2D eigenvalue weighted by Crippen LogP contribution is 2.27. The largest absolute Gasteiger partial charge is 0.494 e. The molecule has 29 heavy (non-hydrogen) atoms. The summed E-state index contributed by atoms with van der Waals surface area (Å²) in [6, 6.07) is 11.3. The van der Waals surface area contributed by atoms with Gasteiger partial charge in [-0.2, -0.15) is 0 Å². The van der Waals surface area contributed by atoms with Gasteiger partial charge in [0.2, 0.25) is 0 Å². The van der Waals surface area contributed by atoms with Crippen LogP contribution in [0.5, 0.6) is 11.5 Å². The van der Waals surface area contributed by atoms with Crippen LogP contribution in [0.3, 0.4) is 0 Å². The number of para-hydroxylation sites is 1. The summed E-state index contributed by atoms with van der Waals surface area (Å²) in [7, 11) is 0. The molecular weight excluding hydrogens is 379 g/mol. The van der Waals surface area contributed by atoms with E-state index in [1.807, 2.05) is 6.92 Å². The first-order valence-corrected chi connectivity index (χ1v) is 9.08. The third-order valence-electron chi connectivity index (χ3n) is 4.24. The number of halogens is 1. The molecule has 0 bridgehead atoms. The van der Waals surface area contributed by atoms with Crippen molar-refractivity contribution in [3.8, 4) is 11.5 Å². The molecule has 152 valence electrons. The number of carbonyl (C=O) groups is 2. The lowest BCUT2D eigenvalue weighted by Gasteiger charge is -2.15. The number of hydrogen-bond acceptors (Lipinski definition) is 5. The topological polar surface area (TPSA) is 89.8 Å². The molecule has 8 heteroatoms. The Bertz CT molecular complexity index is 1030. The minimum Gasteiger partial charge on any atom is -0.494 e. The summed E-state index contributed by atoms with van der Waals surface area (Å²) >= 11 is 0. The van der Waals surface area contributed by atoms with Crippen molar-refractivity contribution in [1.29, 1.82) is 0 Å². The van der Waals surface area contributed by atoms with E-state index in [4.69, 9.17) is 13.9 Å². The summed E-state index contributed by atoms with van der Waals surface area (Å²) in [5.74, 6) is -0.726. The molecule has 7 nitrogen and oxygen atoms in total. The second-order valence-electron chi connectivity index (χ2n) is 6.28. The van der Waals surface area contributed by atoms with Gasteiger partial charge in [-0.1, -0.05) is 12.1 Å². The number of carbonyl (C=O) groups excluding carboxylic acids is 2. The second-order valence-corrected chi connectivity index (χ2v) is 6.28. The van der Waals surface area contributed by atoms with E-state index in [2.05, 4.69) is 10.9 Å². The molecule has 0 spiro atoms. The molecule has 0 fully saturated rings. The van der Waals surface area contributed by atoms with Crippen molar-refractivity contribution in [1.82, 2.24) is 10.9 Å². The van der Waals surface area contributed by atoms with Crippen LogP contribution in [0.1, 0.15) is 30.0 Å². The number of hydrazine groups is 1. The first kappa shape index (κ1) is 20.2. The molecule has 0 saturated heterocycles. The zero-order valence-electron chi connectivity index (χ0n) is 16.2. The molecule has 3 aromatic rings. The number of amides is 2. The van der Waals surface area contributed by atoms with E-state index in [1.54, 1.807) is 44.2 Å². The zero-order chi connectivity index (χ0) is 21.0. The van der Waals surface area contributed by atoms with E-state index in [1.165, 1.54) is 12.1 Å². The number of aryl methyl sites for hydroxylation is 1. The average Bonchev–Trinajstić information content (AvgIpc) is 3.06. The molecule has 2 N–H and O–H groups in total. The third kappa shape index (κ3) is 4.48. The molecule has 1 aromatic heterocycles. The van der Waals surface area contributed by atoms with Gasteiger partial charge in [-0.15, -0.1) is 0 Å². The van der Waals surface area contributed by atoms with Gasteiger partial charge in [0, 0.05) is 10.9 Å². The molecule has 2 aromatic carbocycles. The average molecular weight is 400 g/mol. The lowest BCUT2D eigenvalue weighted by Crippen LogP contribution is -2.47. The summed E-state index contributed by atoms with van der Waals surface area (Å²) in [5, 5.41) is 0.494. The van der Waals surface area contributed by atoms with Gasteiger partial charge in [0.25, 0.3) is 5.91 Å². The maximum absolute atomic E-state index is 13.8. The quantitative estimate of drug-likeness (QED) is 0.618. The SMILES string of the molecule is CCOc1ccc(O[C@@H](C)C(=O)NNC(=O)c2oc3c(F)cccc3c2C)cc1. The Morgan fingerprint density at radius 2 is 1.79 bits per heavy atom. The molecule has 0 radical (unpaired) electrons. The lowest BCUT2D eigenvalue weighted by atomic mass is 10.1. The zero-order valence-corrected chi connectivity index (χ0v) is 16.2. The van der Waals surface area contributed by atoms with Crippen molar-refractivity contribution in [3.63, 3.8) is 0 Å². The highest BCUT2D eigenvalue weighted by molar-refractivity contribution is 5.99. The number of fused-ring (bicyclic) bond motifs is 1. The summed E-state index contributed by atoms with van der Waals surface area (Å²) in [4.78, 5) is 24.5. The maximum Gasteiger partial charge on any atom is 0.305 e. The highest BCUT2D eigenvalue weighted by atomic mass is 19.1. The molecule has 0 aliphatic carbocycles. The summed E-state index contributed by atoms with van der Waals surface area (Å²) in [6.45, 7) is 5.62. The second kappa shape index (κ2) is 8.64. The van der Waals surface area contributed by atoms with Crippen LogP contribution in [-0.4, -0.2) is 24.5 Å². The van der Waals surface area contributed by atoms with Crippen LogP contribution >= 0.6 is 0 Å². The molecule has 0 saturated carbocycles. The Balaban J connectivity index is 1.59. The molecule has 2 amide bonds. The highest BCUT2D eigenvalue weighted by Gasteiger charge is 2.21. The van der Waals surface area contributed by atoms with Gasteiger partial charge in [-0.05, 0) is 51.1 Å². The van der Waals surface area contributed by atoms with Gasteiger partial charge in [0.05, 0.1) is 6.61 Å². The van der Waals surface area contributed by atoms with Gasteiger partial charge < -0.3 is 13.9 Å². The number of ether oxygens (including phenoxy) is 2.